The lowest BCUT2D eigenvalue weighted by atomic mass is 10.2. The molecule has 0 saturated heterocycles. The fourth-order valence-electron chi connectivity index (χ4n) is 2.52. The Bertz CT molecular complexity index is 945. The first-order valence-electron chi connectivity index (χ1n) is 8.38. The monoisotopic (exact) mass is 383 g/mol. The van der Waals surface area contributed by atoms with E-state index < -0.39 is 0 Å². The van der Waals surface area contributed by atoms with Crippen LogP contribution in [-0.4, -0.2) is 36.9 Å². The van der Waals surface area contributed by atoms with Crippen molar-refractivity contribution in [3.8, 4) is 5.75 Å². The molecule has 0 spiro atoms. The molecule has 0 aliphatic heterocycles. The molecule has 2 aromatic carbocycles. The molecule has 0 aliphatic rings. The number of amides is 1. The van der Waals surface area contributed by atoms with Gasteiger partial charge in [-0.15, -0.1) is 0 Å². The minimum absolute atomic E-state index is 0.0862. The van der Waals surface area contributed by atoms with E-state index in [9.17, 15) is 9.59 Å². The molecule has 0 bridgehead atoms. The third kappa shape index (κ3) is 5.18. The van der Waals surface area contributed by atoms with Crippen molar-refractivity contribution in [3.63, 3.8) is 0 Å². The highest BCUT2D eigenvalue weighted by molar-refractivity contribution is 6.31. The van der Waals surface area contributed by atoms with Crippen LogP contribution < -0.4 is 15.4 Å². The van der Waals surface area contributed by atoms with E-state index in [2.05, 4.69) is 15.6 Å². The zero-order valence-electron chi connectivity index (χ0n) is 14.4. The van der Waals surface area contributed by atoms with E-state index >= 15 is 0 Å². The number of carbonyl (C=O) groups is 2. The predicted octanol–water partition coefficient (Wildman–Crippen LogP) is 3.31. The standard InChI is InChI=1S/C20H18ClN3O3/c21-15-3-6-17-18(7-8-22-19(17)11-15)23-9-10-24-20(26)13-27-16-4-1-14(12-25)2-5-16/h1-8,11-12H,9-10,13H2,(H,22,23)(H,24,26). The number of anilines is 1. The number of aromatic nitrogens is 1. The second-order valence-corrected chi connectivity index (χ2v) is 6.21. The van der Waals surface area contributed by atoms with Crippen molar-refractivity contribution in [3.05, 3.63) is 65.3 Å². The molecule has 0 unspecified atom stereocenters. The number of benzene rings is 2. The topological polar surface area (TPSA) is 80.3 Å². The maximum Gasteiger partial charge on any atom is 0.258 e. The largest absolute Gasteiger partial charge is 0.484 e. The van der Waals surface area contributed by atoms with Gasteiger partial charge in [0.05, 0.1) is 5.52 Å². The molecule has 0 atom stereocenters. The summed E-state index contributed by atoms with van der Waals surface area (Å²) >= 11 is 5.99. The number of fused-ring (bicyclic) bond motifs is 1. The highest BCUT2D eigenvalue weighted by Gasteiger charge is 2.04. The van der Waals surface area contributed by atoms with Gasteiger partial charge in [0.15, 0.2) is 6.61 Å². The Morgan fingerprint density at radius 3 is 2.70 bits per heavy atom. The normalized spacial score (nSPS) is 10.4. The summed E-state index contributed by atoms with van der Waals surface area (Å²) in [5, 5.41) is 7.67. The molecular weight excluding hydrogens is 366 g/mol. The van der Waals surface area contributed by atoms with Crippen LogP contribution in [0.2, 0.25) is 5.02 Å². The minimum atomic E-state index is -0.220. The first-order valence-corrected chi connectivity index (χ1v) is 8.76. The molecule has 1 amide bonds. The zero-order valence-corrected chi connectivity index (χ0v) is 15.2. The van der Waals surface area contributed by atoms with E-state index in [-0.39, 0.29) is 12.5 Å². The average molecular weight is 384 g/mol. The van der Waals surface area contributed by atoms with Gasteiger partial charge in [-0.3, -0.25) is 14.6 Å². The van der Waals surface area contributed by atoms with Gasteiger partial charge in [-0.05, 0) is 48.5 Å². The van der Waals surface area contributed by atoms with Crippen LogP contribution in [0.15, 0.2) is 54.7 Å². The van der Waals surface area contributed by atoms with E-state index in [0.29, 0.717) is 29.4 Å². The van der Waals surface area contributed by atoms with Crippen molar-refractivity contribution in [1.82, 2.24) is 10.3 Å². The van der Waals surface area contributed by atoms with Crippen molar-refractivity contribution in [2.75, 3.05) is 25.0 Å². The van der Waals surface area contributed by atoms with Crippen LogP contribution in [-0.2, 0) is 4.79 Å². The third-order valence-electron chi connectivity index (χ3n) is 3.85. The number of halogens is 1. The number of hydrogen-bond donors (Lipinski definition) is 2. The first kappa shape index (κ1) is 18.7. The highest BCUT2D eigenvalue weighted by atomic mass is 35.5. The Hall–Kier alpha value is -3.12. The molecule has 6 nitrogen and oxygen atoms in total. The van der Waals surface area contributed by atoms with Crippen LogP contribution in [0.5, 0.6) is 5.75 Å². The van der Waals surface area contributed by atoms with Gasteiger partial charge in [0.1, 0.15) is 12.0 Å². The maximum absolute atomic E-state index is 11.9. The van der Waals surface area contributed by atoms with Crippen LogP contribution in [0.3, 0.4) is 0 Å². The summed E-state index contributed by atoms with van der Waals surface area (Å²) < 4.78 is 5.38. The third-order valence-corrected chi connectivity index (χ3v) is 4.09. The number of carbonyl (C=O) groups excluding carboxylic acids is 2. The summed E-state index contributed by atoms with van der Waals surface area (Å²) in [5.41, 5.74) is 2.30. The predicted molar refractivity (Wildman–Crippen MR) is 106 cm³/mol. The maximum atomic E-state index is 11.9. The molecule has 0 saturated carbocycles. The van der Waals surface area contributed by atoms with Crippen LogP contribution in [0.4, 0.5) is 5.69 Å². The van der Waals surface area contributed by atoms with Crippen LogP contribution in [0.25, 0.3) is 10.9 Å². The van der Waals surface area contributed by atoms with E-state index in [1.807, 2.05) is 24.3 Å². The van der Waals surface area contributed by atoms with Gasteiger partial charge in [-0.1, -0.05) is 11.6 Å². The summed E-state index contributed by atoms with van der Waals surface area (Å²) in [6, 6.07) is 14.0. The minimum Gasteiger partial charge on any atom is -0.484 e. The molecule has 1 heterocycles. The summed E-state index contributed by atoms with van der Waals surface area (Å²) in [5.74, 6) is 0.318. The van der Waals surface area contributed by atoms with Gasteiger partial charge in [0.25, 0.3) is 5.91 Å². The summed E-state index contributed by atoms with van der Waals surface area (Å²) in [7, 11) is 0. The molecule has 138 valence electrons. The fraction of sp³-hybridized carbons (Fsp3) is 0.150. The Labute approximate surface area is 161 Å². The summed E-state index contributed by atoms with van der Waals surface area (Å²) in [6.45, 7) is 0.919. The number of aldehydes is 1. The molecular formula is C20H18ClN3O3. The average Bonchev–Trinajstić information content (AvgIpc) is 2.69. The number of nitrogens with zero attached hydrogens (tertiary/aromatic N) is 1. The van der Waals surface area contributed by atoms with Crippen LogP contribution in [0, 0.1) is 0 Å². The molecule has 1 aromatic heterocycles. The van der Waals surface area contributed by atoms with Crippen molar-refractivity contribution in [1.29, 1.82) is 0 Å². The van der Waals surface area contributed by atoms with Gasteiger partial charge in [0.2, 0.25) is 0 Å². The molecule has 3 aromatic rings. The molecule has 2 N–H and O–H groups in total. The number of nitrogens with one attached hydrogen (secondary N) is 2. The van der Waals surface area contributed by atoms with Crippen LogP contribution >= 0.6 is 11.6 Å². The second-order valence-electron chi connectivity index (χ2n) is 5.77. The second kappa shape index (κ2) is 9.00. The van der Waals surface area contributed by atoms with Gasteiger partial charge in [-0.2, -0.15) is 0 Å². The van der Waals surface area contributed by atoms with Crippen molar-refractivity contribution < 1.29 is 14.3 Å². The van der Waals surface area contributed by atoms with E-state index in [4.69, 9.17) is 16.3 Å². The smallest absolute Gasteiger partial charge is 0.258 e. The Morgan fingerprint density at radius 2 is 1.93 bits per heavy atom. The summed E-state index contributed by atoms with van der Waals surface area (Å²) in [4.78, 5) is 26.7. The molecule has 3 rings (SSSR count). The lowest BCUT2D eigenvalue weighted by molar-refractivity contribution is -0.123. The van der Waals surface area contributed by atoms with Gasteiger partial charge < -0.3 is 15.4 Å². The zero-order chi connectivity index (χ0) is 19.1. The van der Waals surface area contributed by atoms with Crippen molar-refractivity contribution in [2.45, 2.75) is 0 Å². The molecule has 0 aliphatic carbocycles. The Kier molecular flexibility index (Phi) is 6.22. The van der Waals surface area contributed by atoms with Gasteiger partial charge >= 0.3 is 0 Å². The molecule has 7 heteroatoms. The lowest BCUT2D eigenvalue weighted by Crippen LogP contribution is -2.32. The van der Waals surface area contributed by atoms with Crippen molar-refractivity contribution in [2.24, 2.45) is 0 Å². The summed E-state index contributed by atoms with van der Waals surface area (Å²) in [6.07, 6.45) is 2.47. The first-order chi connectivity index (χ1) is 13.2. The van der Waals surface area contributed by atoms with Crippen molar-refractivity contribution >= 4 is 40.4 Å². The number of rotatable bonds is 8. The van der Waals surface area contributed by atoms with Crippen LogP contribution in [0.1, 0.15) is 10.4 Å². The number of ether oxygens (including phenoxy) is 1. The number of hydrogen-bond acceptors (Lipinski definition) is 5. The van der Waals surface area contributed by atoms with E-state index in [1.165, 1.54) is 0 Å². The van der Waals surface area contributed by atoms with Gasteiger partial charge in [0, 0.05) is 40.9 Å². The molecule has 27 heavy (non-hydrogen) atoms. The Morgan fingerprint density at radius 1 is 1.11 bits per heavy atom. The Balaban J connectivity index is 1.43. The lowest BCUT2D eigenvalue weighted by Gasteiger charge is -2.11. The quantitative estimate of drug-likeness (QED) is 0.461. The SMILES string of the molecule is O=Cc1ccc(OCC(=O)NCCNc2ccnc3cc(Cl)ccc23)cc1. The van der Waals surface area contributed by atoms with E-state index in [0.717, 1.165) is 22.9 Å². The fourth-order valence-corrected chi connectivity index (χ4v) is 2.68. The highest BCUT2D eigenvalue weighted by Crippen LogP contribution is 2.24. The molecule has 0 fully saturated rings. The molecule has 0 radical (unpaired) electrons. The van der Waals surface area contributed by atoms with E-state index in [1.54, 1.807) is 30.5 Å². The van der Waals surface area contributed by atoms with Gasteiger partial charge in [-0.25, -0.2) is 0 Å². The number of pyridine rings is 1.